The summed E-state index contributed by atoms with van der Waals surface area (Å²) in [5.41, 5.74) is 0.359. The summed E-state index contributed by atoms with van der Waals surface area (Å²) in [6.45, 7) is 3.53. The minimum Gasteiger partial charge on any atom is -0.378 e. The molecule has 0 aromatic carbocycles. The molecule has 2 unspecified atom stereocenters. The topological polar surface area (TPSA) is 38.3 Å². The summed E-state index contributed by atoms with van der Waals surface area (Å²) in [7, 11) is 0. The molecule has 1 saturated heterocycles. The highest BCUT2D eigenvalue weighted by Gasteiger charge is 2.42. The fraction of sp³-hybridized carbons (Fsp3) is 0.909. The third-order valence-electron chi connectivity index (χ3n) is 3.59. The summed E-state index contributed by atoms with van der Waals surface area (Å²) in [6.07, 6.45) is 3.42. The lowest BCUT2D eigenvalue weighted by Crippen LogP contribution is -2.37. The molecule has 1 saturated carbocycles. The van der Waals surface area contributed by atoms with Gasteiger partial charge in [0.05, 0.1) is 12.0 Å². The first kappa shape index (κ1) is 11.4. The molecule has 1 aliphatic heterocycles. The summed E-state index contributed by atoms with van der Waals surface area (Å²) in [4.78, 5) is 11.8. The highest BCUT2D eigenvalue weighted by Crippen LogP contribution is 2.46. The van der Waals surface area contributed by atoms with Crippen LogP contribution in [0.2, 0.25) is 0 Å². The molecule has 86 valence electrons. The van der Waals surface area contributed by atoms with Crippen molar-refractivity contribution in [2.75, 3.05) is 18.5 Å². The summed E-state index contributed by atoms with van der Waals surface area (Å²) < 4.78 is 5.39. The molecule has 2 aliphatic rings. The summed E-state index contributed by atoms with van der Waals surface area (Å²) in [5, 5.41) is 4.06. The Balaban J connectivity index is 1.77. The molecule has 0 spiro atoms. The van der Waals surface area contributed by atoms with Gasteiger partial charge in [-0.15, -0.1) is 0 Å². The maximum absolute atomic E-state index is 11.8. The van der Waals surface area contributed by atoms with Crippen molar-refractivity contribution >= 4 is 21.8 Å². The summed E-state index contributed by atoms with van der Waals surface area (Å²) >= 11 is 3.50. The monoisotopic (exact) mass is 275 g/mol. The normalized spacial score (nSPS) is 32.7. The van der Waals surface area contributed by atoms with Crippen molar-refractivity contribution < 1.29 is 9.53 Å². The van der Waals surface area contributed by atoms with Crippen LogP contribution in [0.25, 0.3) is 0 Å². The van der Waals surface area contributed by atoms with Crippen LogP contribution in [0.1, 0.15) is 26.2 Å². The molecule has 2 atom stereocenters. The molecule has 0 aromatic heterocycles. The second-order valence-electron chi connectivity index (χ2n) is 4.82. The van der Waals surface area contributed by atoms with Gasteiger partial charge in [-0.05, 0) is 31.6 Å². The third-order valence-corrected chi connectivity index (χ3v) is 4.78. The number of halogens is 1. The maximum Gasteiger partial charge on any atom is 0.225 e. The predicted molar refractivity (Wildman–Crippen MR) is 62.0 cm³/mol. The Kier molecular flexibility index (Phi) is 3.36. The lowest BCUT2D eigenvalue weighted by molar-refractivity contribution is -0.126. The lowest BCUT2D eigenvalue weighted by atomic mass is 10.0. The van der Waals surface area contributed by atoms with Gasteiger partial charge < -0.3 is 10.1 Å². The van der Waals surface area contributed by atoms with Crippen molar-refractivity contribution in [3.05, 3.63) is 0 Å². The molecule has 15 heavy (non-hydrogen) atoms. The molecule has 2 rings (SSSR count). The molecule has 3 nitrogen and oxygen atoms in total. The van der Waals surface area contributed by atoms with E-state index >= 15 is 0 Å². The number of carbonyl (C=O) groups is 1. The number of rotatable bonds is 4. The Morgan fingerprint density at radius 2 is 2.33 bits per heavy atom. The fourth-order valence-electron chi connectivity index (χ4n) is 2.02. The van der Waals surface area contributed by atoms with Gasteiger partial charge in [0.2, 0.25) is 5.91 Å². The number of amides is 1. The van der Waals surface area contributed by atoms with E-state index in [-0.39, 0.29) is 17.9 Å². The Labute approximate surface area is 99.1 Å². The first-order chi connectivity index (χ1) is 7.17. The zero-order valence-corrected chi connectivity index (χ0v) is 10.7. The third kappa shape index (κ3) is 2.53. The van der Waals surface area contributed by atoms with Crippen LogP contribution in [-0.4, -0.2) is 30.5 Å². The number of carbonyl (C=O) groups excluding carboxylic acids is 1. The van der Waals surface area contributed by atoms with E-state index < -0.39 is 0 Å². The summed E-state index contributed by atoms with van der Waals surface area (Å²) in [5.74, 6) is 0.239. The number of hydrogen-bond donors (Lipinski definition) is 1. The van der Waals surface area contributed by atoms with E-state index in [9.17, 15) is 4.79 Å². The van der Waals surface area contributed by atoms with Crippen LogP contribution in [0.15, 0.2) is 0 Å². The van der Waals surface area contributed by atoms with Crippen molar-refractivity contribution in [1.82, 2.24) is 5.32 Å². The van der Waals surface area contributed by atoms with E-state index in [0.29, 0.717) is 5.41 Å². The van der Waals surface area contributed by atoms with Crippen LogP contribution in [-0.2, 0) is 9.53 Å². The Morgan fingerprint density at radius 1 is 1.60 bits per heavy atom. The zero-order valence-electron chi connectivity index (χ0n) is 9.09. The van der Waals surface area contributed by atoms with Crippen LogP contribution in [0.4, 0.5) is 0 Å². The fourth-order valence-corrected chi connectivity index (χ4v) is 2.78. The largest absolute Gasteiger partial charge is 0.378 e. The van der Waals surface area contributed by atoms with Crippen LogP contribution in [0.3, 0.4) is 0 Å². The summed E-state index contributed by atoms with van der Waals surface area (Å²) in [6, 6.07) is 0. The molecule has 2 fully saturated rings. The van der Waals surface area contributed by atoms with E-state index in [0.717, 1.165) is 24.9 Å². The van der Waals surface area contributed by atoms with E-state index in [1.807, 2.05) is 6.92 Å². The van der Waals surface area contributed by atoms with Crippen molar-refractivity contribution in [1.29, 1.82) is 0 Å². The average molecular weight is 276 g/mol. The molecule has 4 heteroatoms. The lowest BCUT2D eigenvalue weighted by Gasteiger charge is -2.17. The quantitative estimate of drug-likeness (QED) is 0.794. The van der Waals surface area contributed by atoms with Gasteiger partial charge in [0.15, 0.2) is 0 Å². The smallest absolute Gasteiger partial charge is 0.225 e. The molecule has 0 radical (unpaired) electrons. The number of ether oxygens (including phenoxy) is 1. The van der Waals surface area contributed by atoms with E-state index in [2.05, 4.69) is 21.2 Å². The van der Waals surface area contributed by atoms with Gasteiger partial charge in [-0.3, -0.25) is 4.79 Å². The van der Waals surface area contributed by atoms with Gasteiger partial charge >= 0.3 is 0 Å². The van der Waals surface area contributed by atoms with Crippen molar-refractivity contribution in [3.8, 4) is 0 Å². The van der Waals surface area contributed by atoms with E-state index in [4.69, 9.17) is 4.74 Å². The average Bonchev–Trinajstić information content (AvgIpc) is 2.91. The number of nitrogens with one attached hydrogen (secondary N) is 1. The van der Waals surface area contributed by atoms with Gasteiger partial charge in [0.25, 0.3) is 0 Å². The number of alkyl halides is 1. The second kappa shape index (κ2) is 4.42. The van der Waals surface area contributed by atoms with Crippen LogP contribution < -0.4 is 5.32 Å². The van der Waals surface area contributed by atoms with Crippen LogP contribution in [0, 0.1) is 11.3 Å². The van der Waals surface area contributed by atoms with Crippen molar-refractivity contribution in [2.24, 2.45) is 11.3 Å². The second-order valence-corrected chi connectivity index (χ2v) is 5.38. The maximum atomic E-state index is 11.8. The van der Waals surface area contributed by atoms with E-state index in [1.165, 1.54) is 12.8 Å². The van der Waals surface area contributed by atoms with Crippen LogP contribution in [0.5, 0.6) is 0 Å². The van der Waals surface area contributed by atoms with Gasteiger partial charge in [-0.25, -0.2) is 0 Å². The molecule has 1 N–H and O–H groups in total. The Bertz CT molecular complexity index is 253. The zero-order chi connectivity index (χ0) is 10.9. The van der Waals surface area contributed by atoms with E-state index in [1.54, 1.807) is 0 Å². The number of hydrogen-bond acceptors (Lipinski definition) is 2. The highest BCUT2D eigenvalue weighted by molar-refractivity contribution is 9.09. The highest BCUT2D eigenvalue weighted by atomic mass is 79.9. The SMILES string of the molecule is CC1OCCC1C(=O)NCC1(CBr)CC1. The first-order valence-corrected chi connectivity index (χ1v) is 6.74. The molecular weight excluding hydrogens is 258 g/mol. The van der Waals surface area contributed by atoms with Crippen LogP contribution >= 0.6 is 15.9 Å². The van der Waals surface area contributed by atoms with Crippen molar-refractivity contribution in [3.63, 3.8) is 0 Å². The molecule has 0 aromatic rings. The molecule has 1 amide bonds. The van der Waals surface area contributed by atoms with Crippen molar-refractivity contribution in [2.45, 2.75) is 32.3 Å². The minimum atomic E-state index is 0.0659. The Hall–Kier alpha value is -0.0900. The predicted octanol–water partition coefficient (Wildman–Crippen LogP) is 1.70. The Morgan fingerprint density at radius 3 is 2.80 bits per heavy atom. The standard InChI is InChI=1S/C11H18BrNO2/c1-8-9(2-5-15-8)10(14)13-7-11(6-12)3-4-11/h8-9H,2-7H2,1H3,(H,13,14). The molecular formula is C11H18BrNO2. The molecule has 1 aliphatic carbocycles. The molecule has 1 heterocycles. The minimum absolute atomic E-state index is 0.0659. The van der Waals surface area contributed by atoms with Gasteiger partial charge in [-0.1, -0.05) is 15.9 Å². The van der Waals surface area contributed by atoms with Gasteiger partial charge in [0, 0.05) is 18.5 Å². The first-order valence-electron chi connectivity index (χ1n) is 5.62. The molecule has 0 bridgehead atoms. The van der Waals surface area contributed by atoms with Gasteiger partial charge in [0.1, 0.15) is 0 Å². The van der Waals surface area contributed by atoms with Gasteiger partial charge in [-0.2, -0.15) is 0 Å².